The molecule has 12 heavy (non-hydrogen) atoms. The van der Waals surface area contributed by atoms with Gasteiger partial charge in [-0.1, -0.05) is 0 Å². The zero-order valence-electron chi connectivity index (χ0n) is 7.58. The molecule has 0 aromatic carbocycles. The molecule has 1 saturated carbocycles. The van der Waals surface area contributed by atoms with Gasteiger partial charge in [0.05, 0.1) is 6.61 Å². The van der Waals surface area contributed by atoms with Crippen LogP contribution in [-0.4, -0.2) is 19.1 Å². The second kappa shape index (κ2) is 4.45. The summed E-state index contributed by atoms with van der Waals surface area (Å²) in [7, 11) is 0. The molecule has 2 N–H and O–H groups in total. The summed E-state index contributed by atoms with van der Waals surface area (Å²) in [6.45, 7) is 3.09. The fourth-order valence-corrected chi connectivity index (χ4v) is 1.69. The maximum atomic E-state index is 11.0. The number of esters is 1. The minimum absolute atomic E-state index is 0.0574. The van der Waals surface area contributed by atoms with Gasteiger partial charge in [-0.2, -0.15) is 0 Å². The van der Waals surface area contributed by atoms with Crippen molar-refractivity contribution >= 4 is 5.97 Å². The first-order chi connectivity index (χ1) is 5.76. The van der Waals surface area contributed by atoms with Crippen LogP contribution in [0.3, 0.4) is 0 Å². The van der Waals surface area contributed by atoms with E-state index in [9.17, 15) is 4.79 Å². The lowest BCUT2D eigenvalue weighted by Gasteiger charge is -2.33. The average molecular weight is 171 g/mol. The molecule has 0 spiro atoms. The van der Waals surface area contributed by atoms with Crippen LogP contribution >= 0.6 is 0 Å². The average Bonchev–Trinajstić information content (AvgIpc) is 1.96. The molecule has 0 aromatic rings. The Labute approximate surface area is 73.3 Å². The molecule has 0 radical (unpaired) electrons. The monoisotopic (exact) mass is 171 g/mol. The fraction of sp³-hybridized carbons (Fsp3) is 0.889. The van der Waals surface area contributed by atoms with E-state index >= 15 is 0 Å². The highest BCUT2D eigenvalue weighted by Gasteiger charge is 2.29. The minimum atomic E-state index is -0.0574. The number of rotatable bonds is 4. The Kier molecular flexibility index (Phi) is 3.53. The van der Waals surface area contributed by atoms with Crippen molar-refractivity contribution in [2.75, 3.05) is 13.2 Å². The van der Waals surface area contributed by atoms with Gasteiger partial charge < -0.3 is 10.5 Å². The van der Waals surface area contributed by atoms with Gasteiger partial charge in [-0.15, -0.1) is 0 Å². The number of carbonyl (C=O) groups is 1. The highest BCUT2D eigenvalue weighted by atomic mass is 16.5. The first-order valence-corrected chi connectivity index (χ1v) is 4.62. The number of carbonyl (C=O) groups excluding carboxylic acids is 1. The molecule has 0 aliphatic heterocycles. The molecule has 0 amide bonds. The number of ether oxygens (including phenoxy) is 1. The molecule has 0 bridgehead atoms. The van der Waals surface area contributed by atoms with E-state index in [2.05, 4.69) is 0 Å². The molecule has 0 atom stereocenters. The predicted molar refractivity (Wildman–Crippen MR) is 46.5 cm³/mol. The largest absolute Gasteiger partial charge is 0.466 e. The van der Waals surface area contributed by atoms with Gasteiger partial charge in [0, 0.05) is 6.42 Å². The maximum absolute atomic E-state index is 11.0. The molecular weight excluding hydrogens is 154 g/mol. The highest BCUT2D eigenvalue weighted by Crippen LogP contribution is 2.35. The van der Waals surface area contributed by atoms with E-state index in [4.69, 9.17) is 10.5 Å². The summed E-state index contributed by atoms with van der Waals surface area (Å²) in [4.78, 5) is 11.0. The molecule has 1 rings (SSSR count). The smallest absolute Gasteiger partial charge is 0.306 e. The van der Waals surface area contributed by atoms with Gasteiger partial charge in [0.2, 0.25) is 0 Å². The fourth-order valence-electron chi connectivity index (χ4n) is 1.69. The van der Waals surface area contributed by atoms with E-state index in [0.717, 1.165) is 19.4 Å². The third-order valence-corrected chi connectivity index (χ3v) is 2.43. The highest BCUT2D eigenvalue weighted by molar-refractivity contribution is 5.69. The van der Waals surface area contributed by atoms with Gasteiger partial charge in [0.1, 0.15) is 0 Å². The summed E-state index contributed by atoms with van der Waals surface area (Å²) in [5.74, 6) is 1.14. The Hall–Kier alpha value is -0.570. The molecule has 3 nitrogen and oxygen atoms in total. The van der Waals surface area contributed by atoms with Crippen molar-refractivity contribution in [1.29, 1.82) is 0 Å². The molecule has 1 fully saturated rings. The maximum Gasteiger partial charge on any atom is 0.306 e. The third kappa shape index (κ3) is 2.48. The van der Waals surface area contributed by atoms with E-state index in [1.165, 1.54) is 0 Å². The van der Waals surface area contributed by atoms with Gasteiger partial charge in [-0.25, -0.2) is 0 Å². The van der Waals surface area contributed by atoms with Crippen LogP contribution in [0.15, 0.2) is 0 Å². The first kappa shape index (κ1) is 9.52. The number of hydrogen-bond acceptors (Lipinski definition) is 3. The lowest BCUT2D eigenvalue weighted by atomic mass is 9.73. The van der Waals surface area contributed by atoms with Crippen molar-refractivity contribution in [3.8, 4) is 0 Å². The molecule has 0 heterocycles. The normalized spacial score (nSPS) is 27.8. The van der Waals surface area contributed by atoms with Crippen molar-refractivity contribution < 1.29 is 9.53 Å². The van der Waals surface area contributed by atoms with Crippen molar-refractivity contribution in [2.45, 2.75) is 26.2 Å². The van der Waals surface area contributed by atoms with E-state index < -0.39 is 0 Å². The molecule has 1 aliphatic carbocycles. The quantitative estimate of drug-likeness (QED) is 0.640. The van der Waals surface area contributed by atoms with Crippen LogP contribution in [0.25, 0.3) is 0 Å². The SMILES string of the molecule is CCOC(=O)CC1CC(CN)C1. The summed E-state index contributed by atoms with van der Waals surface area (Å²) < 4.78 is 4.85. The summed E-state index contributed by atoms with van der Waals surface area (Å²) in [6, 6.07) is 0. The van der Waals surface area contributed by atoms with E-state index in [0.29, 0.717) is 24.9 Å². The van der Waals surface area contributed by atoms with E-state index in [1.807, 2.05) is 6.92 Å². The topological polar surface area (TPSA) is 52.3 Å². The Morgan fingerprint density at radius 2 is 2.17 bits per heavy atom. The van der Waals surface area contributed by atoms with Gasteiger partial charge in [-0.3, -0.25) is 4.79 Å². The van der Waals surface area contributed by atoms with Crippen LogP contribution in [0, 0.1) is 11.8 Å². The van der Waals surface area contributed by atoms with Crippen LogP contribution in [-0.2, 0) is 9.53 Å². The molecule has 0 saturated heterocycles. The summed E-state index contributed by atoms with van der Waals surface area (Å²) in [5, 5.41) is 0. The first-order valence-electron chi connectivity index (χ1n) is 4.62. The second-order valence-corrected chi connectivity index (χ2v) is 3.45. The lowest BCUT2D eigenvalue weighted by Crippen LogP contribution is -2.31. The Bertz CT molecular complexity index is 153. The molecule has 3 heteroatoms. The summed E-state index contributed by atoms with van der Waals surface area (Å²) in [5.41, 5.74) is 5.47. The predicted octanol–water partition coefficient (Wildman–Crippen LogP) is 0.924. The van der Waals surface area contributed by atoms with Crippen molar-refractivity contribution in [1.82, 2.24) is 0 Å². The van der Waals surface area contributed by atoms with Crippen LogP contribution in [0.1, 0.15) is 26.2 Å². The summed E-state index contributed by atoms with van der Waals surface area (Å²) >= 11 is 0. The molecule has 70 valence electrons. The zero-order chi connectivity index (χ0) is 8.97. The van der Waals surface area contributed by atoms with Gasteiger partial charge >= 0.3 is 5.97 Å². The van der Waals surface area contributed by atoms with E-state index in [-0.39, 0.29) is 5.97 Å². The van der Waals surface area contributed by atoms with Crippen molar-refractivity contribution in [2.24, 2.45) is 17.6 Å². The number of nitrogens with two attached hydrogens (primary N) is 1. The number of hydrogen-bond donors (Lipinski definition) is 1. The Morgan fingerprint density at radius 1 is 1.50 bits per heavy atom. The molecular formula is C9H17NO2. The zero-order valence-corrected chi connectivity index (χ0v) is 7.58. The Balaban J connectivity index is 2.06. The standard InChI is InChI=1S/C9H17NO2/c1-2-12-9(11)5-7-3-8(4-7)6-10/h7-8H,2-6,10H2,1H3. The molecule has 0 unspecified atom stereocenters. The second-order valence-electron chi connectivity index (χ2n) is 3.45. The van der Waals surface area contributed by atoms with Crippen LogP contribution in [0.5, 0.6) is 0 Å². The van der Waals surface area contributed by atoms with Gasteiger partial charge in [0.25, 0.3) is 0 Å². The van der Waals surface area contributed by atoms with Crippen molar-refractivity contribution in [3.63, 3.8) is 0 Å². The van der Waals surface area contributed by atoms with Crippen LogP contribution in [0.4, 0.5) is 0 Å². The minimum Gasteiger partial charge on any atom is -0.466 e. The van der Waals surface area contributed by atoms with Gasteiger partial charge in [-0.05, 0) is 38.1 Å². The van der Waals surface area contributed by atoms with Crippen LogP contribution < -0.4 is 5.73 Å². The van der Waals surface area contributed by atoms with E-state index in [1.54, 1.807) is 0 Å². The third-order valence-electron chi connectivity index (χ3n) is 2.43. The van der Waals surface area contributed by atoms with Crippen LogP contribution in [0.2, 0.25) is 0 Å². The molecule has 1 aliphatic rings. The Morgan fingerprint density at radius 3 is 2.67 bits per heavy atom. The van der Waals surface area contributed by atoms with Gasteiger partial charge in [0.15, 0.2) is 0 Å². The van der Waals surface area contributed by atoms with Crippen molar-refractivity contribution in [3.05, 3.63) is 0 Å². The summed E-state index contributed by atoms with van der Waals surface area (Å²) in [6.07, 6.45) is 2.80. The lowest BCUT2D eigenvalue weighted by molar-refractivity contribution is -0.145. The molecule has 0 aromatic heterocycles.